The number of nitrogens with one attached hydrogen (secondary N) is 1. The van der Waals surface area contributed by atoms with Crippen molar-refractivity contribution in [2.45, 2.75) is 39.2 Å². The standard InChI is InChI=1S/C19H23N/c1-3-13-20-19-12-11-17-16(9-6-10-18(17)19)15-8-5-4-7-14(15)2/h4-10,19-20H,3,11-13H2,1-2H3. The van der Waals surface area contributed by atoms with E-state index in [1.807, 2.05) is 0 Å². The van der Waals surface area contributed by atoms with Crippen molar-refractivity contribution in [2.75, 3.05) is 6.54 Å². The van der Waals surface area contributed by atoms with Crippen LogP contribution in [0, 0.1) is 6.92 Å². The van der Waals surface area contributed by atoms with Crippen molar-refractivity contribution in [3.8, 4) is 11.1 Å². The fourth-order valence-electron chi connectivity index (χ4n) is 3.31. The average molecular weight is 265 g/mol. The van der Waals surface area contributed by atoms with E-state index < -0.39 is 0 Å². The third kappa shape index (κ3) is 2.38. The normalized spacial score (nSPS) is 17.2. The van der Waals surface area contributed by atoms with Gasteiger partial charge in [0.25, 0.3) is 0 Å². The number of hydrogen-bond donors (Lipinski definition) is 1. The van der Waals surface area contributed by atoms with Crippen LogP contribution in [0.2, 0.25) is 0 Å². The molecule has 20 heavy (non-hydrogen) atoms. The van der Waals surface area contributed by atoms with Gasteiger partial charge in [-0.3, -0.25) is 0 Å². The smallest absolute Gasteiger partial charge is 0.0326 e. The molecule has 0 aromatic heterocycles. The summed E-state index contributed by atoms with van der Waals surface area (Å²) in [4.78, 5) is 0. The van der Waals surface area contributed by atoms with Crippen LogP contribution in [0.3, 0.4) is 0 Å². The third-order valence-electron chi connectivity index (χ3n) is 4.35. The molecule has 3 rings (SSSR count). The Morgan fingerprint density at radius 3 is 2.65 bits per heavy atom. The van der Waals surface area contributed by atoms with Crippen molar-refractivity contribution < 1.29 is 0 Å². The number of benzene rings is 2. The SMILES string of the molecule is CCCNC1CCc2c(-c3ccccc3C)cccc21. The maximum atomic E-state index is 3.68. The summed E-state index contributed by atoms with van der Waals surface area (Å²) in [6.07, 6.45) is 3.63. The molecule has 1 heteroatoms. The molecular weight excluding hydrogens is 242 g/mol. The predicted octanol–water partition coefficient (Wildman–Crippen LogP) is 4.65. The highest BCUT2D eigenvalue weighted by molar-refractivity contribution is 5.72. The number of fused-ring (bicyclic) bond motifs is 1. The van der Waals surface area contributed by atoms with Gasteiger partial charge in [0.2, 0.25) is 0 Å². The van der Waals surface area contributed by atoms with Crippen LogP contribution in [-0.4, -0.2) is 6.54 Å². The van der Waals surface area contributed by atoms with Crippen molar-refractivity contribution in [3.05, 3.63) is 59.2 Å². The highest BCUT2D eigenvalue weighted by atomic mass is 14.9. The van der Waals surface area contributed by atoms with Crippen LogP contribution in [0.25, 0.3) is 11.1 Å². The zero-order valence-electron chi connectivity index (χ0n) is 12.4. The monoisotopic (exact) mass is 265 g/mol. The lowest BCUT2D eigenvalue weighted by atomic mass is 9.93. The van der Waals surface area contributed by atoms with E-state index >= 15 is 0 Å². The molecule has 0 saturated carbocycles. The Bertz CT molecular complexity index is 600. The Kier molecular flexibility index (Phi) is 3.88. The number of aryl methyl sites for hydroxylation is 1. The maximum absolute atomic E-state index is 3.68. The summed E-state index contributed by atoms with van der Waals surface area (Å²) in [6.45, 7) is 5.54. The predicted molar refractivity (Wildman–Crippen MR) is 86.0 cm³/mol. The van der Waals surface area contributed by atoms with Crippen LogP contribution < -0.4 is 5.32 Å². The molecule has 0 aliphatic heterocycles. The number of rotatable bonds is 4. The fraction of sp³-hybridized carbons (Fsp3) is 0.368. The van der Waals surface area contributed by atoms with Gasteiger partial charge in [0, 0.05) is 6.04 Å². The molecule has 2 aromatic rings. The highest BCUT2D eigenvalue weighted by Crippen LogP contribution is 2.38. The van der Waals surface area contributed by atoms with Gasteiger partial charge in [-0.05, 0) is 60.5 Å². The molecule has 0 saturated heterocycles. The lowest BCUT2D eigenvalue weighted by molar-refractivity contribution is 0.529. The van der Waals surface area contributed by atoms with E-state index in [0.717, 1.165) is 6.54 Å². The van der Waals surface area contributed by atoms with Gasteiger partial charge < -0.3 is 5.32 Å². The van der Waals surface area contributed by atoms with Gasteiger partial charge in [-0.1, -0.05) is 49.4 Å². The molecule has 1 unspecified atom stereocenters. The minimum atomic E-state index is 0.550. The van der Waals surface area contributed by atoms with Crippen LogP contribution >= 0.6 is 0 Å². The van der Waals surface area contributed by atoms with E-state index in [9.17, 15) is 0 Å². The molecular formula is C19H23N. The Hall–Kier alpha value is -1.60. The van der Waals surface area contributed by atoms with Gasteiger partial charge in [-0.2, -0.15) is 0 Å². The van der Waals surface area contributed by atoms with E-state index in [1.165, 1.54) is 41.5 Å². The molecule has 0 amide bonds. The van der Waals surface area contributed by atoms with E-state index in [2.05, 4.69) is 61.6 Å². The largest absolute Gasteiger partial charge is 0.310 e. The zero-order valence-corrected chi connectivity index (χ0v) is 12.4. The first-order valence-electron chi connectivity index (χ1n) is 7.72. The molecule has 104 valence electrons. The molecule has 0 bridgehead atoms. The van der Waals surface area contributed by atoms with Crippen molar-refractivity contribution in [1.82, 2.24) is 5.32 Å². The van der Waals surface area contributed by atoms with Crippen LogP contribution in [0.5, 0.6) is 0 Å². The lowest BCUT2D eigenvalue weighted by Gasteiger charge is -2.15. The van der Waals surface area contributed by atoms with E-state index in [0.29, 0.717) is 6.04 Å². The minimum Gasteiger partial charge on any atom is -0.310 e. The van der Waals surface area contributed by atoms with Gasteiger partial charge in [0.15, 0.2) is 0 Å². The molecule has 0 radical (unpaired) electrons. The first-order valence-corrected chi connectivity index (χ1v) is 7.72. The molecule has 2 aromatic carbocycles. The Morgan fingerprint density at radius 1 is 1.05 bits per heavy atom. The summed E-state index contributed by atoms with van der Waals surface area (Å²) < 4.78 is 0. The van der Waals surface area contributed by atoms with Crippen LogP contribution in [0.1, 0.15) is 42.5 Å². The summed E-state index contributed by atoms with van der Waals surface area (Å²) in [5, 5.41) is 3.68. The Labute approximate surface area is 122 Å². The molecule has 1 N–H and O–H groups in total. The van der Waals surface area contributed by atoms with Crippen molar-refractivity contribution in [1.29, 1.82) is 0 Å². The molecule has 1 atom stereocenters. The zero-order chi connectivity index (χ0) is 13.9. The van der Waals surface area contributed by atoms with Gasteiger partial charge in [-0.15, -0.1) is 0 Å². The molecule has 0 fully saturated rings. The number of hydrogen-bond acceptors (Lipinski definition) is 1. The van der Waals surface area contributed by atoms with Crippen molar-refractivity contribution in [3.63, 3.8) is 0 Å². The molecule has 1 nitrogen and oxygen atoms in total. The summed E-state index contributed by atoms with van der Waals surface area (Å²) in [7, 11) is 0. The summed E-state index contributed by atoms with van der Waals surface area (Å²) in [5.41, 5.74) is 7.25. The van der Waals surface area contributed by atoms with E-state index in [1.54, 1.807) is 5.56 Å². The fourth-order valence-corrected chi connectivity index (χ4v) is 3.31. The molecule has 0 spiro atoms. The molecule has 0 heterocycles. The van der Waals surface area contributed by atoms with E-state index in [4.69, 9.17) is 0 Å². The topological polar surface area (TPSA) is 12.0 Å². The first-order chi connectivity index (χ1) is 9.81. The summed E-state index contributed by atoms with van der Waals surface area (Å²) in [6, 6.07) is 16.1. The second-order valence-corrected chi connectivity index (χ2v) is 5.73. The molecule has 1 aliphatic rings. The van der Waals surface area contributed by atoms with Gasteiger partial charge in [0.1, 0.15) is 0 Å². The van der Waals surface area contributed by atoms with Crippen LogP contribution in [0.4, 0.5) is 0 Å². The first kappa shape index (κ1) is 13.4. The Balaban J connectivity index is 2.00. The second-order valence-electron chi connectivity index (χ2n) is 5.73. The highest BCUT2D eigenvalue weighted by Gasteiger charge is 2.24. The van der Waals surface area contributed by atoms with Gasteiger partial charge in [0.05, 0.1) is 0 Å². The van der Waals surface area contributed by atoms with Crippen molar-refractivity contribution >= 4 is 0 Å². The van der Waals surface area contributed by atoms with Crippen LogP contribution in [-0.2, 0) is 6.42 Å². The van der Waals surface area contributed by atoms with Crippen molar-refractivity contribution in [2.24, 2.45) is 0 Å². The second kappa shape index (κ2) is 5.80. The maximum Gasteiger partial charge on any atom is 0.0326 e. The Morgan fingerprint density at radius 2 is 1.85 bits per heavy atom. The quantitative estimate of drug-likeness (QED) is 0.848. The average Bonchev–Trinajstić information content (AvgIpc) is 2.89. The van der Waals surface area contributed by atoms with Gasteiger partial charge in [-0.25, -0.2) is 0 Å². The minimum absolute atomic E-state index is 0.550. The van der Waals surface area contributed by atoms with Gasteiger partial charge >= 0.3 is 0 Å². The van der Waals surface area contributed by atoms with E-state index in [-0.39, 0.29) is 0 Å². The lowest BCUT2D eigenvalue weighted by Crippen LogP contribution is -2.19. The summed E-state index contributed by atoms with van der Waals surface area (Å²) >= 11 is 0. The van der Waals surface area contributed by atoms with Crippen LogP contribution in [0.15, 0.2) is 42.5 Å². The third-order valence-corrected chi connectivity index (χ3v) is 4.35. The molecule has 1 aliphatic carbocycles. The summed E-state index contributed by atoms with van der Waals surface area (Å²) in [5.74, 6) is 0.